The first kappa shape index (κ1) is 23.1. The van der Waals surface area contributed by atoms with Crippen molar-refractivity contribution in [3.8, 4) is 17.1 Å². The molecule has 8 nitrogen and oxygen atoms in total. The van der Waals surface area contributed by atoms with E-state index in [4.69, 9.17) is 4.74 Å². The summed E-state index contributed by atoms with van der Waals surface area (Å²) in [6.45, 7) is 5.24. The number of aromatic nitrogens is 2. The molecule has 3 aromatic rings. The number of imidazole rings is 1. The molecule has 8 heteroatoms. The Hall–Kier alpha value is -3.65. The van der Waals surface area contributed by atoms with Crippen LogP contribution in [0.25, 0.3) is 11.4 Å². The summed E-state index contributed by atoms with van der Waals surface area (Å²) in [4.78, 5) is 36.4. The second kappa shape index (κ2) is 10.3. The van der Waals surface area contributed by atoms with Crippen molar-refractivity contribution in [1.82, 2.24) is 19.4 Å². The third-order valence-corrected chi connectivity index (χ3v) is 6.93. The fourth-order valence-corrected chi connectivity index (χ4v) is 4.94. The molecule has 0 spiro atoms. The molecule has 1 atom stereocenters. The van der Waals surface area contributed by atoms with Crippen LogP contribution >= 0.6 is 0 Å². The minimum absolute atomic E-state index is 0.00945. The Labute approximate surface area is 205 Å². The zero-order valence-electron chi connectivity index (χ0n) is 20.0. The first-order valence-corrected chi connectivity index (χ1v) is 12.1. The van der Waals surface area contributed by atoms with Gasteiger partial charge in [0.05, 0.1) is 13.0 Å². The number of benzene rings is 2. The number of nitrogens with zero attached hydrogens (tertiary/aromatic N) is 5. The van der Waals surface area contributed by atoms with Crippen LogP contribution in [0.4, 0.5) is 5.69 Å². The maximum Gasteiger partial charge on any atom is 0.228 e. The van der Waals surface area contributed by atoms with Gasteiger partial charge in [-0.15, -0.1) is 0 Å². The number of hydrogen-bond acceptors (Lipinski definition) is 5. The standard InChI is InChI=1S/C27H31N5O3/c1-35-24-9-5-8-23(19-24)32-20-22(18-25(32)33)27(34)31-16-13-29(14-17-31)12-15-30-11-10-28-26(30)21-6-3-2-4-7-21/h2-11,19,22H,12-18,20H2,1H3. The molecule has 1 aromatic heterocycles. The second-order valence-corrected chi connectivity index (χ2v) is 9.08. The third-order valence-electron chi connectivity index (χ3n) is 6.93. The van der Waals surface area contributed by atoms with E-state index in [9.17, 15) is 9.59 Å². The van der Waals surface area contributed by atoms with E-state index in [2.05, 4.69) is 26.6 Å². The molecule has 2 aliphatic heterocycles. The average Bonchev–Trinajstić information content (AvgIpc) is 3.54. The van der Waals surface area contributed by atoms with Crippen LogP contribution in [0.2, 0.25) is 0 Å². The van der Waals surface area contributed by atoms with Crippen LogP contribution < -0.4 is 9.64 Å². The molecule has 2 aromatic carbocycles. The number of carbonyl (C=O) groups is 2. The van der Waals surface area contributed by atoms with Crippen LogP contribution in [0.1, 0.15) is 6.42 Å². The lowest BCUT2D eigenvalue weighted by Gasteiger charge is -2.36. The van der Waals surface area contributed by atoms with E-state index in [0.29, 0.717) is 25.4 Å². The van der Waals surface area contributed by atoms with Crippen molar-refractivity contribution in [2.24, 2.45) is 5.92 Å². The van der Waals surface area contributed by atoms with Gasteiger partial charge in [-0.2, -0.15) is 0 Å². The molecule has 2 saturated heterocycles. The number of ether oxygens (including phenoxy) is 1. The number of methoxy groups -OCH3 is 1. The van der Waals surface area contributed by atoms with Gasteiger partial charge in [-0.05, 0) is 12.1 Å². The average molecular weight is 474 g/mol. The monoisotopic (exact) mass is 473 g/mol. The number of carbonyl (C=O) groups excluding carboxylic acids is 2. The zero-order valence-corrected chi connectivity index (χ0v) is 20.0. The van der Waals surface area contributed by atoms with Gasteiger partial charge < -0.3 is 19.1 Å². The Morgan fingerprint density at radius 2 is 1.83 bits per heavy atom. The van der Waals surface area contributed by atoms with Gasteiger partial charge in [0.1, 0.15) is 11.6 Å². The summed E-state index contributed by atoms with van der Waals surface area (Å²) >= 11 is 0. The van der Waals surface area contributed by atoms with E-state index in [1.165, 1.54) is 0 Å². The van der Waals surface area contributed by atoms with E-state index in [1.807, 2.05) is 59.8 Å². The highest BCUT2D eigenvalue weighted by Gasteiger charge is 2.38. The highest BCUT2D eigenvalue weighted by Crippen LogP contribution is 2.29. The summed E-state index contributed by atoms with van der Waals surface area (Å²) < 4.78 is 7.46. The van der Waals surface area contributed by atoms with Gasteiger partial charge in [0, 0.05) is 81.9 Å². The summed E-state index contributed by atoms with van der Waals surface area (Å²) in [5, 5.41) is 0. The van der Waals surface area contributed by atoms with Crippen LogP contribution in [-0.4, -0.2) is 77.5 Å². The minimum Gasteiger partial charge on any atom is -0.497 e. The Morgan fingerprint density at radius 3 is 2.60 bits per heavy atom. The molecule has 2 fully saturated rings. The van der Waals surface area contributed by atoms with Crippen molar-refractivity contribution in [3.05, 3.63) is 67.0 Å². The van der Waals surface area contributed by atoms with Gasteiger partial charge >= 0.3 is 0 Å². The Balaban J connectivity index is 1.12. The highest BCUT2D eigenvalue weighted by molar-refractivity contribution is 6.00. The summed E-state index contributed by atoms with van der Waals surface area (Å²) in [6.07, 6.45) is 4.13. The lowest BCUT2D eigenvalue weighted by molar-refractivity contribution is -0.137. The van der Waals surface area contributed by atoms with Crippen molar-refractivity contribution < 1.29 is 14.3 Å². The zero-order chi connectivity index (χ0) is 24.2. The number of hydrogen-bond donors (Lipinski definition) is 0. The highest BCUT2D eigenvalue weighted by atomic mass is 16.5. The maximum absolute atomic E-state index is 13.2. The van der Waals surface area contributed by atoms with Gasteiger partial charge in [-0.25, -0.2) is 4.98 Å². The topological polar surface area (TPSA) is 70.9 Å². The number of piperazine rings is 1. The molecule has 5 rings (SSSR count). The van der Waals surface area contributed by atoms with Crippen LogP contribution in [0.5, 0.6) is 5.75 Å². The molecule has 0 N–H and O–H groups in total. The Bertz CT molecular complexity index is 1170. The summed E-state index contributed by atoms with van der Waals surface area (Å²) in [5.41, 5.74) is 1.89. The molecule has 1 unspecified atom stereocenters. The molecular weight excluding hydrogens is 442 g/mol. The first-order valence-electron chi connectivity index (χ1n) is 12.1. The maximum atomic E-state index is 13.2. The molecule has 2 amide bonds. The number of anilines is 1. The van der Waals surface area contributed by atoms with Crippen molar-refractivity contribution in [3.63, 3.8) is 0 Å². The van der Waals surface area contributed by atoms with Gasteiger partial charge in [0.25, 0.3) is 0 Å². The molecule has 0 radical (unpaired) electrons. The van der Waals surface area contributed by atoms with E-state index in [-0.39, 0.29) is 24.2 Å². The third kappa shape index (κ3) is 5.07. The van der Waals surface area contributed by atoms with Crippen LogP contribution in [0, 0.1) is 5.92 Å². The van der Waals surface area contributed by atoms with Crippen molar-refractivity contribution in [1.29, 1.82) is 0 Å². The van der Waals surface area contributed by atoms with E-state index >= 15 is 0 Å². The molecule has 3 heterocycles. The Kier molecular flexibility index (Phi) is 6.81. The Morgan fingerprint density at radius 1 is 1.03 bits per heavy atom. The van der Waals surface area contributed by atoms with E-state index in [0.717, 1.165) is 43.3 Å². The largest absolute Gasteiger partial charge is 0.497 e. The van der Waals surface area contributed by atoms with Crippen molar-refractivity contribution in [2.45, 2.75) is 13.0 Å². The molecule has 182 valence electrons. The lowest BCUT2D eigenvalue weighted by Crippen LogP contribution is -2.51. The normalized spacial score (nSPS) is 18.8. The molecule has 0 aliphatic carbocycles. The minimum atomic E-state index is -0.292. The molecular formula is C27H31N5O3. The van der Waals surface area contributed by atoms with E-state index in [1.54, 1.807) is 12.0 Å². The quantitative estimate of drug-likeness (QED) is 0.528. The fourth-order valence-electron chi connectivity index (χ4n) is 4.94. The number of amides is 2. The van der Waals surface area contributed by atoms with Gasteiger partial charge in [-0.3, -0.25) is 14.5 Å². The van der Waals surface area contributed by atoms with Crippen molar-refractivity contribution >= 4 is 17.5 Å². The summed E-state index contributed by atoms with van der Waals surface area (Å²) in [7, 11) is 1.61. The molecule has 0 saturated carbocycles. The summed E-state index contributed by atoms with van der Waals surface area (Å²) in [6, 6.07) is 17.7. The van der Waals surface area contributed by atoms with Gasteiger partial charge in [-0.1, -0.05) is 36.4 Å². The molecule has 2 aliphatic rings. The first-order chi connectivity index (χ1) is 17.1. The lowest BCUT2D eigenvalue weighted by atomic mass is 10.1. The molecule has 35 heavy (non-hydrogen) atoms. The predicted octanol–water partition coefficient (Wildman–Crippen LogP) is 2.76. The van der Waals surface area contributed by atoms with Crippen LogP contribution in [0.15, 0.2) is 67.0 Å². The number of rotatable bonds is 7. The van der Waals surface area contributed by atoms with E-state index < -0.39 is 0 Å². The van der Waals surface area contributed by atoms with Crippen LogP contribution in [0.3, 0.4) is 0 Å². The van der Waals surface area contributed by atoms with Gasteiger partial charge in [0.2, 0.25) is 11.8 Å². The smallest absolute Gasteiger partial charge is 0.228 e. The van der Waals surface area contributed by atoms with Crippen molar-refractivity contribution in [2.75, 3.05) is 51.3 Å². The summed E-state index contributed by atoms with van der Waals surface area (Å²) in [5.74, 6) is 1.47. The fraction of sp³-hybridized carbons (Fsp3) is 0.370. The SMILES string of the molecule is COc1cccc(N2CC(C(=O)N3CCN(CCn4ccnc4-c4ccccc4)CC3)CC2=O)c1. The van der Waals surface area contributed by atoms with Gasteiger partial charge in [0.15, 0.2) is 0 Å². The predicted molar refractivity (Wildman–Crippen MR) is 134 cm³/mol. The second-order valence-electron chi connectivity index (χ2n) is 9.08. The molecule has 0 bridgehead atoms. The van der Waals surface area contributed by atoms with Crippen LogP contribution in [-0.2, 0) is 16.1 Å².